The molecule has 1 atom stereocenters. The second kappa shape index (κ2) is 6.43. The van der Waals surface area contributed by atoms with E-state index in [1.165, 1.54) is 12.8 Å². The van der Waals surface area contributed by atoms with E-state index in [1.54, 1.807) is 0 Å². The molecule has 88 valence electrons. The second-order valence-electron chi connectivity index (χ2n) is 4.42. The predicted molar refractivity (Wildman–Crippen MR) is 59.0 cm³/mol. The molecule has 0 aromatic carbocycles. The molecule has 2 rings (SSSR count). The molecule has 4 nitrogen and oxygen atoms in total. The topological polar surface area (TPSA) is 42.5 Å². The van der Waals surface area contributed by atoms with Crippen LogP contribution in [0.3, 0.4) is 0 Å². The zero-order valence-corrected chi connectivity index (χ0v) is 9.34. The third-order valence-corrected chi connectivity index (χ3v) is 2.85. The molecule has 1 heterocycles. The summed E-state index contributed by atoms with van der Waals surface area (Å²) in [5.41, 5.74) is 0. The number of rotatable bonds is 7. The van der Waals surface area contributed by atoms with Crippen LogP contribution >= 0.6 is 0 Å². The Hall–Kier alpha value is -0.160. The lowest BCUT2D eigenvalue weighted by Crippen LogP contribution is -2.44. The number of hydrogen-bond acceptors (Lipinski definition) is 4. The first kappa shape index (κ1) is 11.3. The van der Waals surface area contributed by atoms with E-state index in [4.69, 9.17) is 9.47 Å². The van der Waals surface area contributed by atoms with E-state index in [2.05, 4.69) is 10.6 Å². The first-order valence-corrected chi connectivity index (χ1v) is 6.06. The van der Waals surface area contributed by atoms with Crippen LogP contribution in [0.15, 0.2) is 0 Å². The molecule has 0 amide bonds. The van der Waals surface area contributed by atoms with Crippen molar-refractivity contribution in [3.8, 4) is 0 Å². The van der Waals surface area contributed by atoms with E-state index in [-0.39, 0.29) is 0 Å². The van der Waals surface area contributed by atoms with E-state index < -0.39 is 0 Å². The summed E-state index contributed by atoms with van der Waals surface area (Å²) in [6.07, 6.45) is 3.08. The monoisotopic (exact) mass is 214 g/mol. The van der Waals surface area contributed by atoms with Gasteiger partial charge >= 0.3 is 0 Å². The second-order valence-corrected chi connectivity index (χ2v) is 4.42. The highest BCUT2D eigenvalue weighted by Gasteiger charge is 2.20. The van der Waals surface area contributed by atoms with Gasteiger partial charge in [0.15, 0.2) is 0 Å². The number of nitrogens with one attached hydrogen (secondary N) is 2. The van der Waals surface area contributed by atoms with E-state index in [0.29, 0.717) is 6.10 Å². The summed E-state index contributed by atoms with van der Waals surface area (Å²) in [5.74, 6) is 0.871. The smallest absolute Gasteiger partial charge is 0.0824 e. The Morgan fingerprint density at radius 3 is 3.07 bits per heavy atom. The van der Waals surface area contributed by atoms with Crippen LogP contribution in [0.5, 0.6) is 0 Å². The van der Waals surface area contributed by atoms with Gasteiger partial charge in [0.1, 0.15) is 0 Å². The van der Waals surface area contributed by atoms with Gasteiger partial charge in [-0.2, -0.15) is 0 Å². The fraction of sp³-hybridized carbons (Fsp3) is 1.00. The van der Waals surface area contributed by atoms with Gasteiger partial charge in [0.25, 0.3) is 0 Å². The van der Waals surface area contributed by atoms with Crippen LogP contribution in [-0.4, -0.2) is 52.1 Å². The average Bonchev–Trinajstić information content (AvgIpc) is 3.09. The zero-order chi connectivity index (χ0) is 10.3. The lowest BCUT2D eigenvalue weighted by Gasteiger charge is -2.23. The van der Waals surface area contributed by atoms with Crippen molar-refractivity contribution in [3.63, 3.8) is 0 Å². The van der Waals surface area contributed by atoms with Gasteiger partial charge in [-0.3, -0.25) is 0 Å². The molecule has 1 unspecified atom stereocenters. The summed E-state index contributed by atoms with van der Waals surface area (Å²) in [6, 6.07) is 0. The van der Waals surface area contributed by atoms with Gasteiger partial charge in [0.2, 0.25) is 0 Å². The lowest BCUT2D eigenvalue weighted by atomic mass is 10.3. The Morgan fingerprint density at radius 1 is 1.40 bits per heavy atom. The van der Waals surface area contributed by atoms with Gasteiger partial charge < -0.3 is 20.1 Å². The van der Waals surface area contributed by atoms with Crippen LogP contribution in [0.1, 0.15) is 12.8 Å². The third-order valence-electron chi connectivity index (χ3n) is 2.85. The Bertz CT molecular complexity index is 168. The maximum absolute atomic E-state index is 5.57. The molecule has 15 heavy (non-hydrogen) atoms. The Labute approximate surface area is 91.7 Å². The largest absolute Gasteiger partial charge is 0.380 e. The van der Waals surface area contributed by atoms with Gasteiger partial charge in [-0.15, -0.1) is 0 Å². The molecule has 1 saturated heterocycles. The van der Waals surface area contributed by atoms with Crippen LogP contribution < -0.4 is 10.6 Å². The first-order valence-electron chi connectivity index (χ1n) is 6.06. The summed E-state index contributed by atoms with van der Waals surface area (Å²) < 4.78 is 11.1. The summed E-state index contributed by atoms with van der Waals surface area (Å²) in [6.45, 7) is 6.45. The summed E-state index contributed by atoms with van der Waals surface area (Å²) in [7, 11) is 0. The zero-order valence-electron chi connectivity index (χ0n) is 9.34. The van der Waals surface area contributed by atoms with Crippen LogP contribution in [0.4, 0.5) is 0 Å². The van der Waals surface area contributed by atoms with E-state index >= 15 is 0 Å². The van der Waals surface area contributed by atoms with Crippen molar-refractivity contribution < 1.29 is 9.47 Å². The van der Waals surface area contributed by atoms with Crippen LogP contribution in [0.25, 0.3) is 0 Å². The molecule has 1 aliphatic heterocycles. The Kier molecular flexibility index (Phi) is 4.86. The average molecular weight is 214 g/mol. The van der Waals surface area contributed by atoms with Crippen LogP contribution in [0.2, 0.25) is 0 Å². The SMILES string of the molecule is C(COCC1CC1)NCC1CNCCO1. The number of ether oxygens (including phenoxy) is 2. The number of hydrogen-bond donors (Lipinski definition) is 2. The van der Waals surface area contributed by atoms with E-state index in [0.717, 1.165) is 51.9 Å². The van der Waals surface area contributed by atoms with Crippen LogP contribution in [0, 0.1) is 5.92 Å². The molecule has 4 heteroatoms. The Morgan fingerprint density at radius 2 is 2.33 bits per heavy atom. The van der Waals surface area contributed by atoms with Gasteiger partial charge in [0, 0.05) is 32.8 Å². The molecule has 2 aliphatic rings. The standard InChI is InChI=1S/C11H22N2O2/c1-2-10(1)9-14-5-3-12-7-11-8-13-4-6-15-11/h10-13H,1-9H2. The molecule has 2 fully saturated rings. The summed E-state index contributed by atoms with van der Waals surface area (Å²) in [4.78, 5) is 0. The molecule has 1 aliphatic carbocycles. The fourth-order valence-corrected chi connectivity index (χ4v) is 1.69. The van der Waals surface area contributed by atoms with Gasteiger partial charge in [0.05, 0.1) is 19.3 Å². The molecule has 2 N–H and O–H groups in total. The minimum atomic E-state index is 0.335. The van der Waals surface area contributed by atoms with Crippen molar-refractivity contribution >= 4 is 0 Å². The predicted octanol–water partition coefficient (Wildman–Crippen LogP) is -0.00900. The highest BCUT2D eigenvalue weighted by atomic mass is 16.5. The molecule has 0 aromatic rings. The van der Waals surface area contributed by atoms with Gasteiger partial charge in [-0.05, 0) is 18.8 Å². The van der Waals surface area contributed by atoms with E-state index in [1.807, 2.05) is 0 Å². The highest BCUT2D eigenvalue weighted by molar-refractivity contribution is 4.72. The minimum Gasteiger partial charge on any atom is -0.380 e. The molecule has 0 aromatic heterocycles. The highest BCUT2D eigenvalue weighted by Crippen LogP contribution is 2.28. The third kappa shape index (κ3) is 4.93. The Balaban J connectivity index is 1.37. The number of morpholine rings is 1. The fourth-order valence-electron chi connectivity index (χ4n) is 1.69. The van der Waals surface area contributed by atoms with Crippen molar-refractivity contribution in [2.45, 2.75) is 18.9 Å². The molecule has 0 radical (unpaired) electrons. The quantitative estimate of drug-likeness (QED) is 0.585. The maximum atomic E-state index is 5.57. The summed E-state index contributed by atoms with van der Waals surface area (Å²) in [5, 5.41) is 6.67. The van der Waals surface area contributed by atoms with Crippen LogP contribution in [-0.2, 0) is 9.47 Å². The molecule has 1 saturated carbocycles. The summed E-state index contributed by atoms with van der Waals surface area (Å²) >= 11 is 0. The van der Waals surface area contributed by atoms with Crippen molar-refractivity contribution in [3.05, 3.63) is 0 Å². The lowest BCUT2D eigenvalue weighted by molar-refractivity contribution is 0.0277. The van der Waals surface area contributed by atoms with Crippen molar-refractivity contribution in [1.29, 1.82) is 0 Å². The van der Waals surface area contributed by atoms with Crippen molar-refractivity contribution in [2.75, 3.05) is 46.0 Å². The van der Waals surface area contributed by atoms with Crippen molar-refractivity contribution in [2.24, 2.45) is 5.92 Å². The molecular formula is C11H22N2O2. The van der Waals surface area contributed by atoms with E-state index in [9.17, 15) is 0 Å². The minimum absolute atomic E-state index is 0.335. The normalized spacial score (nSPS) is 26.8. The molecular weight excluding hydrogens is 192 g/mol. The maximum Gasteiger partial charge on any atom is 0.0824 e. The van der Waals surface area contributed by atoms with Gasteiger partial charge in [-0.1, -0.05) is 0 Å². The molecule has 0 spiro atoms. The molecule has 0 bridgehead atoms. The first-order chi connectivity index (χ1) is 7.45. The van der Waals surface area contributed by atoms with Crippen molar-refractivity contribution in [1.82, 2.24) is 10.6 Å². The van der Waals surface area contributed by atoms with Gasteiger partial charge in [-0.25, -0.2) is 0 Å².